The van der Waals surface area contributed by atoms with E-state index in [-0.39, 0.29) is 5.78 Å². The average molecular weight is 254 g/mol. The molecule has 98 valence electrons. The largest absolute Gasteiger partial charge is 0.497 e. The van der Waals surface area contributed by atoms with E-state index in [0.29, 0.717) is 5.56 Å². The number of aryl methyl sites for hydroxylation is 1. The van der Waals surface area contributed by atoms with E-state index in [1.807, 2.05) is 30.3 Å². The van der Waals surface area contributed by atoms with Gasteiger partial charge < -0.3 is 4.74 Å². The first kappa shape index (κ1) is 13.3. The zero-order valence-electron chi connectivity index (χ0n) is 11.3. The number of hydrogen-bond donors (Lipinski definition) is 0. The number of benzene rings is 2. The Morgan fingerprint density at radius 1 is 1.05 bits per heavy atom. The zero-order chi connectivity index (χ0) is 13.7. The number of methoxy groups -OCH3 is 1. The van der Waals surface area contributed by atoms with Crippen molar-refractivity contribution in [3.63, 3.8) is 0 Å². The monoisotopic (exact) mass is 254 g/mol. The minimum atomic E-state index is 0.0561. The van der Waals surface area contributed by atoms with Gasteiger partial charge >= 0.3 is 0 Å². The van der Waals surface area contributed by atoms with Crippen molar-refractivity contribution in [1.29, 1.82) is 0 Å². The Balaban J connectivity index is 2.24. The highest BCUT2D eigenvalue weighted by Gasteiger charge is 2.09. The third kappa shape index (κ3) is 3.22. The quantitative estimate of drug-likeness (QED) is 0.757. The average Bonchev–Trinajstić information content (AvgIpc) is 2.47. The lowest BCUT2D eigenvalue weighted by Crippen LogP contribution is -2.02. The van der Waals surface area contributed by atoms with Gasteiger partial charge in [-0.1, -0.05) is 31.5 Å². The third-order valence-electron chi connectivity index (χ3n) is 3.08. The van der Waals surface area contributed by atoms with E-state index >= 15 is 0 Å². The summed E-state index contributed by atoms with van der Waals surface area (Å²) in [6.07, 6.45) is 2.09. The summed E-state index contributed by atoms with van der Waals surface area (Å²) in [4.78, 5) is 12.4. The van der Waals surface area contributed by atoms with E-state index in [1.165, 1.54) is 5.56 Å². The second-order valence-electron chi connectivity index (χ2n) is 4.51. The molecule has 19 heavy (non-hydrogen) atoms. The summed E-state index contributed by atoms with van der Waals surface area (Å²) in [7, 11) is 1.62. The van der Waals surface area contributed by atoms with Gasteiger partial charge in [-0.2, -0.15) is 0 Å². The lowest BCUT2D eigenvalue weighted by Gasteiger charge is -2.05. The van der Waals surface area contributed by atoms with E-state index in [2.05, 4.69) is 13.0 Å². The molecule has 0 unspecified atom stereocenters. The summed E-state index contributed by atoms with van der Waals surface area (Å²) in [5.41, 5.74) is 2.65. The first-order valence-corrected chi connectivity index (χ1v) is 6.52. The van der Waals surface area contributed by atoms with Crippen LogP contribution in [0.15, 0.2) is 48.5 Å². The number of ether oxygens (including phenoxy) is 1. The van der Waals surface area contributed by atoms with Crippen LogP contribution in [-0.2, 0) is 6.42 Å². The molecular formula is C17H18O2. The maximum Gasteiger partial charge on any atom is 0.193 e. The molecule has 2 rings (SSSR count). The Kier molecular flexibility index (Phi) is 4.35. The summed E-state index contributed by atoms with van der Waals surface area (Å²) in [5, 5.41) is 0. The lowest BCUT2D eigenvalue weighted by molar-refractivity contribution is 0.103. The molecule has 0 heterocycles. The molecule has 0 aromatic heterocycles. The molecule has 0 aliphatic heterocycles. The van der Waals surface area contributed by atoms with E-state index in [1.54, 1.807) is 19.2 Å². The molecule has 0 saturated heterocycles. The van der Waals surface area contributed by atoms with E-state index in [9.17, 15) is 4.79 Å². The van der Waals surface area contributed by atoms with Crippen LogP contribution >= 0.6 is 0 Å². The smallest absolute Gasteiger partial charge is 0.193 e. The lowest BCUT2D eigenvalue weighted by atomic mass is 10.00. The Hall–Kier alpha value is -2.09. The topological polar surface area (TPSA) is 26.3 Å². The summed E-state index contributed by atoms with van der Waals surface area (Å²) in [6.45, 7) is 2.14. The fourth-order valence-electron chi connectivity index (χ4n) is 2.07. The van der Waals surface area contributed by atoms with Crippen LogP contribution < -0.4 is 4.74 Å². The first-order valence-electron chi connectivity index (χ1n) is 6.52. The molecule has 2 aromatic rings. The number of carbonyl (C=O) groups excluding carboxylic acids is 1. The molecule has 0 aliphatic rings. The van der Waals surface area contributed by atoms with Gasteiger partial charge in [0.25, 0.3) is 0 Å². The fraction of sp³-hybridized carbons (Fsp3) is 0.235. The summed E-state index contributed by atoms with van der Waals surface area (Å²) < 4.78 is 5.09. The highest BCUT2D eigenvalue weighted by Crippen LogP contribution is 2.16. The van der Waals surface area contributed by atoms with Crippen LogP contribution in [0.1, 0.15) is 34.8 Å². The van der Waals surface area contributed by atoms with Crippen molar-refractivity contribution in [2.24, 2.45) is 0 Å². The van der Waals surface area contributed by atoms with E-state index in [0.717, 1.165) is 24.2 Å². The standard InChI is InChI=1S/C17H18O2/c1-3-5-13-6-4-7-15(12-13)17(18)14-8-10-16(19-2)11-9-14/h4,6-12H,3,5H2,1-2H3. The van der Waals surface area contributed by atoms with Crippen LogP contribution in [0, 0.1) is 0 Å². The molecule has 2 nitrogen and oxygen atoms in total. The van der Waals surface area contributed by atoms with Crippen LogP contribution in [0.25, 0.3) is 0 Å². The van der Waals surface area contributed by atoms with Gasteiger partial charge in [0, 0.05) is 11.1 Å². The first-order chi connectivity index (χ1) is 9.24. The number of hydrogen-bond acceptors (Lipinski definition) is 2. The Morgan fingerprint density at radius 2 is 1.79 bits per heavy atom. The van der Waals surface area contributed by atoms with Gasteiger partial charge in [-0.05, 0) is 42.3 Å². The third-order valence-corrected chi connectivity index (χ3v) is 3.08. The van der Waals surface area contributed by atoms with Crippen molar-refractivity contribution < 1.29 is 9.53 Å². The van der Waals surface area contributed by atoms with Gasteiger partial charge in [0.2, 0.25) is 0 Å². The molecule has 0 saturated carbocycles. The molecule has 2 heteroatoms. The summed E-state index contributed by atoms with van der Waals surface area (Å²) >= 11 is 0. The maximum atomic E-state index is 12.4. The van der Waals surface area contributed by atoms with Crippen LogP contribution in [0.3, 0.4) is 0 Å². The van der Waals surface area contributed by atoms with Crippen molar-refractivity contribution >= 4 is 5.78 Å². The van der Waals surface area contributed by atoms with Crippen molar-refractivity contribution in [2.75, 3.05) is 7.11 Å². The second-order valence-corrected chi connectivity index (χ2v) is 4.51. The van der Waals surface area contributed by atoms with Crippen LogP contribution in [0.5, 0.6) is 5.75 Å². The van der Waals surface area contributed by atoms with Gasteiger partial charge in [0.1, 0.15) is 5.75 Å². The number of ketones is 1. The molecule has 0 fully saturated rings. The van der Waals surface area contributed by atoms with Crippen LogP contribution in [0.4, 0.5) is 0 Å². The van der Waals surface area contributed by atoms with Crippen LogP contribution in [0.2, 0.25) is 0 Å². The molecule has 0 aliphatic carbocycles. The van der Waals surface area contributed by atoms with Crippen molar-refractivity contribution in [3.8, 4) is 5.75 Å². The van der Waals surface area contributed by atoms with E-state index in [4.69, 9.17) is 4.74 Å². The van der Waals surface area contributed by atoms with Gasteiger partial charge in [0.15, 0.2) is 5.78 Å². The predicted octanol–water partition coefficient (Wildman–Crippen LogP) is 3.88. The van der Waals surface area contributed by atoms with Gasteiger partial charge in [-0.3, -0.25) is 4.79 Å². The minimum Gasteiger partial charge on any atom is -0.497 e. The molecule has 0 radical (unpaired) electrons. The molecule has 0 amide bonds. The highest BCUT2D eigenvalue weighted by molar-refractivity contribution is 6.09. The maximum absolute atomic E-state index is 12.4. The summed E-state index contributed by atoms with van der Waals surface area (Å²) in [5.74, 6) is 0.817. The summed E-state index contributed by atoms with van der Waals surface area (Å²) in [6, 6.07) is 15.1. The SMILES string of the molecule is CCCc1cccc(C(=O)c2ccc(OC)cc2)c1. The fourth-order valence-corrected chi connectivity index (χ4v) is 2.07. The second kappa shape index (κ2) is 6.19. The number of carbonyl (C=O) groups is 1. The van der Waals surface area contributed by atoms with Gasteiger partial charge in [-0.15, -0.1) is 0 Å². The van der Waals surface area contributed by atoms with E-state index < -0.39 is 0 Å². The predicted molar refractivity (Wildman–Crippen MR) is 76.9 cm³/mol. The van der Waals surface area contributed by atoms with Gasteiger partial charge in [0.05, 0.1) is 7.11 Å². The molecule has 0 N–H and O–H groups in total. The van der Waals surface area contributed by atoms with Gasteiger partial charge in [-0.25, -0.2) is 0 Å². The zero-order valence-corrected chi connectivity index (χ0v) is 11.3. The Labute approximate surface area is 114 Å². The van der Waals surface area contributed by atoms with Crippen molar-refractivity contribution in [2.45, 2.75) is 19.8 Å². The molecule has 2 aromatic carbocycles. The normalized spacial score (nSPS) is 10.2. The van der Waals surface area contributed by atoms with Crippen molar-refractivity contribution in [1.82, 2.24) is 0 Å². The van der Waals surface area contributed by atoms with Crippen molar-refractivity contribution in [3.05, 3.63) is 65.2 Å². The molecule has 0 atom stereocenters. The molecule has 0 spiro atoms. The Morgan fingerprint density at radius 3 is 2.42 bits per heavy atom. The highest BCUT2D eigenvalue weighted by atomic mass is 16.5. The number of rotatable bonds is 5. The Bertz CT molecular complexity index is 556. The molecular weight excluding hydrogens is 236 g/mol. The minimum absolute atomic E-state index is 0.0561. The molecule has 0 bridgehead atoms. The van der Waals surface area contributed by atoms with Crippen LogP contribution in [-0.4, -0.2) is 12.9 Å².